The number of methoxy groups -OCH3 is 2. The van der Waals surface area contributed by atoms with Crippen LogP contribution in [0.3, 0.4) is 0 Å². The minimum absolute atomic E-state index is 0.134. The highest BCUT2D eigenvalue weighted by Gasteiger charge is 2.26. The third kappa shape index (κ3) is 1.47. The van der Waals surface area contributed by atoms with Crippen LogP contribution < -0.4 is 9.47 Å². The third-order valence-electron chi connectivity index (χ3n) is 2.80. The molecule has 0 amide bonds. The number of benzene rings is 1. The Morgan fingerprint density at radius 1 is 1.07 bits per heavy atom. The first-order chi connectivity index (χ1) is 7.20. The van der Waals surface area contributed by atoms with Crippen molar-refractivity contribution in [1.29, 1.82) is 0 Å². The number of ether oxygens (including phenoxy) is 2. The molecule has 0 heterocycles. The number of rotatable bonds is 2. The molecule has 0 aromatic heterocycles. The highest BCUT2D eigenvalue weighted by atomic mass is 79.9. The van der Waals surface area contributed by atoms with Crippen LogP contribution in [0.5, 0.6) is 17.2 Å². The van der Waals surface area contributed by atoms with E-state index in [0.29, 0.717) is 10.2 Å². The Balaban J connectivity index is 2.72. The predicted molar refractivity (Wildman–Crippen MR) is 60.9 cm³/mol. The van der Waals surface area contributed by atoms with Gasteiger partial charge in [0.25, 0.3) is 0 Å². The van der Waals surface area contributed by atoms with Gasteiger partial charge < -0.3 is 14.6 Å². The van der Waals surface area contributed by atoms with Crippen molar-refractivity contribution in [2.45, 2.75) is 19.3 Å². The number of hydrogen-bond acceptors (Lipinski definition) is 3. The molecule has 0 spiro atoms. The molecule has 0 radical (unpaired) electrons. The zero-order valence-corrected chi connectivity index (χ0v) is 10.3. The minimum atomic E-state index is 0.134. The van der Waals surface area contributed by atoms with Crippen molar-refractivity contribution in [2.75, 3.05) is 14.2 Å². The highest BCUT2D eigenvalue weighted by Crippen LogP contribution is 2.49. The molecule has 0 fully saturated rings. The van der Waals surface area contributed by atoms with Gasteiger partial charge in [0.05, 0.1) is 14.2 Å². The SMILES string of the molecule is COc1c(O)c(Br)c(OC)c2c1CCC2. The van der Waals surface area contributed by atoms with E-state index in [1.54, 1.807) is 14.2 Å². The summed E-state index contributed by atoms with van der Waals surface area (Å²) in [5.41, 5.74) is 2.23. The van der Waals surface area contributed by atoms with Crippen LogP contribution in [0.2, 0.25) is 0 Å². The summed E-state index contributed by atoms with van der Waals surface area (Å²) in [6.07, 6.45) is 3.00. The van der Waals surface area contributed by atoms with E-state index in [0.717, 1.165) is 36.1 Å². The second-order valence-corrected chi connectivity index (χ2v) is 4.33. The van der Waals surface area contributed by atoms with Gasteiger partial charge in [0.1, 0.15) is 10.2 Å². The molecule has 15 heavy (non-hydrogen) atoms. The van der Waals surface area contributed by atoms with Crippen LogP contribution in [-0.2, 0) is 12.8 Å². The fraction of sp³-hybridized carbons (Fsp3) is 0.455. The monoisotopic (exact) mass is 272 g/mol. The Bertz CT molecular complexity index is 365. The molecule has 1 aromatic carbocycles. The van der Waals surface area contributed by atoms with Gasteiger partial charge in [-0.25, -0.2) is 0 Å². The minimum Gasteiger partial charge on any atom is -0.503 e. The van der Waals surface area contributed by atoms with Gasteiger partial charge >= 0.3 is 0 Å². The Morgan fingerprint density at radius 3 is 2.13 bits per heavy atom. The molecule has 2 rings (SSSR count). The lowest BCUT2D eigenvalue weighted by molar-refractivity contribution is 0.358. The lowest BCUT2D eigenvalue weighted by Gasteiger charge is -2.15. The van der Waals surface area contributed by atoms with Gasteiger partial charge in [0.15, 0.2) is 11.5 Å². The fourth-order valence-electron chi connectivity index (χ4n) is 2.16. The van der Waals surface area contributed by atoms with Crippen molar-refractivity contribution in [3.63, 3.8) is 0 Å². The molecule has 0 saturated heterocycles. The van der Waals surface area contributed by atoms with E-state index >= 15 is 0 Å². The van der Waals surface area contributed by atoms with Crippen LogP contribution in [0.4, 0.5) is 0 Å². The third-order valence-corrected chi connectivity index (χ3v) is 3.53. The zero-order valence-electron chi connectivity index (χ0n) is 8.76. The van der Waals surface area contributed by atoms with Gasteiger partial charge in [0.2, 0.25) is 0 Å². The molecule has 1 aliphatic carbocycles. The second-order valence-electron chi connectivity index (χ2n) is 3.54. The molecule has 1 N–H and O–H groups in total. The number of phenolic OH excluding ortho intramolecular Hbond substituents is 1. The van der Waals surface area contributed by atoms with Crippen molar-refractivity contribution in [3.05, 3.63) is 15.6 Å². The van der Waals surface area contributed by atoms with Gasteiger partial charge in [0, 0.05) is 11.1 Å². The molecule has 0 bridgehead atoms. The number of phenols is 1. The van der Waals surface area contributed by atoms with Crippen molar-refractivity contribution in [3.8, 4) is 17.2 Å². The summed E-state index contributed by atoms with van der Waals surface area (Å²) in [4.78, 5) is 0. The smallest absolute Gasteiger partial charge is 0.176 e. The lowest BCUT2D eigenvalue weighted by atomic mass is 10.1. The first-order valence-corrected chi connectivity index (χ1v) is 5.64. The zero-order chi connectivity index (χ0) is 11.0. The van der Waals surface area contributed by atoms with Crippen LogP contribution >= 0.6 is 15.9 Å². The average molecular weight is 273 g/mol. The molecule has 0 atom stereocenters. The van der Waals surface area contributed by atoms with Gasteiger partial charge in [-0.1, -0.05) is 0 Å². The van der Waals surface area contributed by atoms with Gasteiger partial charge in [-0.05, 0) is 35.2 Å². The summed E-state index contributed by atoms with van der Waals surface area (Å²) in [5.74, 6) is 1.45. The summed E-state index contributed by atoms with van der Waals surface area (Å²) in [6.45, 7) is 0. The molecule has 0 aliphatic heterocycles. The molecular formula is C11H13BrO3. The summed E-state index contributed by atoms with van der Waals surface area (Å²) in [7, 11) is 3.19. The maximum atomic E-state index is 9.92. The predicted octanol–water partition coefficient (Wildman–Crippen LogP) is 2.66. The van der Waals surface area contributed by atoms with E-state index in [9.17, 15) is 5.11 Å². The fourth-order valence-corrected chi connectivity index (χ4v) is 2.74. The second kappa shape index (κ2) is 3.93. The van der Waals surface area contributed by atoms with Crippen molar-refractivity contribution >= 4 is 15.9 Å². The Labute approximate surface area is 97.1 Å². The number of aromatic hydroxyl groups is 1. The number of fused-ring (bicyclic) bond motifs is 1. The Hall–Kier alpha value is -0.900. The Kier molecular flexibility index (Phi) is 2.78. The van der Waals surface area contributed by atoms with Crippen LogP contribution in [-0.4, -0.2) is 19.3 Å². The maximum absolute atomic E-state index is 9.92. The lowest BCUT2D eigenvalue weighted by Crippen LogP contribution is -1.97. The maximum Gasteiger partial charge on any atom is 0.176 e. The normalized spacial score (nSPS) is 13.8. The van der Waals surface area contributed by atoms with E-state index in [1.807, 2.05) is 0 Å². The summed E-state index contributed by atoms with van der Waals surface area (Å²) in [6, 6.07) is 0. The molecule has 4 heteroatoms. The van der Waals surface area contributed by atoms with Gasteiger partial charge in [-0.15, -0.1) is 0 Å². The number of halogens is 1. The topological polar surface area (TPSA) is 38.7 Å². The molecule has 1 aliphatic rings. The first-order valence-electron chi connectivity index (χ1n) is 4.84. The van der Waals surface area contributed by atoms with Crippen LogP contribution in [0.25, 0.3) is 0 Å². The van der Waals surface area contributed by atoms with E-state index < -0.39 is 0 Å². The summed E-state index contributed by atoms with van der Waals surface area (Å²) in [5, 5.41) is 9.92. The van der Waals surface area contributed by atoms with E-state index in [-0.39, 0.29) is 5.75 Å². The molecule has 1 aromatic rings. The molecular weight excluding hydrogens is 260 g/mol. The van der Waals surface area contributed by atoms with Crippen molar-refractivity contribution in [2.24, 2.45) is 0 Å². The van der Waals surface area contributed by atoms with Gasteiger partial charge in [-0.2, -0.15) is 0 Å². The van der Waals surface area contributed by atoms with E-state index in [2.05, 4.69) is 15.9 Å². The van der Waals surface area contributed by atoms with Crippen molar-refractivity contribution < 1.29 is 14.6 Å². The Morgan fingerprint density at radius 2 is 1.60 bits per heavy atom. The highest BCUT2D eigenvalue weighted by molar-refractivity contribution is 9.10. The van der Waals surface area contributed by atoms with E-state index in [4.69, 9.17) is 9.47 Å². The average Bonchev–Trinajstić information content (AvgIpc) is 2.69. The standard InChI is InChI=1S/C11H13BrO3/c1-14-10-6-4-3-5-7(6)11(15-2)9(13)8(10)12/h13H,3-5H2,1-2H3. The van der Waals surface area contributed by atoms with Crippen LogP contribution in [0, 0.1) is 0 Å². The first kappa shape index (κ1) is 10.6. The summed E-state index contributed by atoms with van der Waals surface area (Å²) < 4.78 is 11.1. The quantitative estimate of drug-likeness (QED) is 0.900. The van der Waals surface area contributed by atoms with E-state index in [1.165, 1.54) is 0 Å². The summed E-state index contributed by atoms with van der Waals surface area (Å²) >= 11 is 3.33. The molecule has 0 saturated carbocycles. The van der Waals surface area contributed by atoms with Crippen molar-refractivity contribution in [1.82, 2.24) is 0 Å². The molecule has 3 nitrogen and oxygen atoms in total. The molecule has 0 unspecified atom stereocenters. The number of hydrogen-bond donors (Lipinski definition) is 1. The van der Waals surface area contributed by atoms with Gasteiger partial charge in [-0.3, -0.25) is 0 Å². The van der Waals surface area contributed by atoms with Crippen LogP contribution in [0.15, 0.2) is 4.47 Å². The molecule has 82 valence electrons. The largest absolute Gasteiger partial charge is 0.503 e. The van der Waals surface area contributed by atoms with Crippen LogP contribution in [0.1, 0.15) is 17.5 Å².